The van der Waals surface area contributed by atoms with Gasteiger partial charge in [-0.25, -0.2) is 0 Å². The van der Waals surface area contributed by atoms with E-state index in [2.05, 4.69) is 30.9 Å². The van der Waals surface area contributed by atoms with Gasteiger partial charge in [-0.2, -0.15) is 0 Å². The SMILES string of the molecule is CC(C)Cc1ccc(C(C(=O)O)N2CCCCCC2)cc1. The van der Waals surface area contributed by atoms with Gasteiger partial charge in [0, 0.05) is 0 Å². The van der Waals surface area contributed by atoms with Gasteiger partial charge < -0.3 is 5.11 Å². The van der Waals surface area contributed by atoms with Gasteiger partial charge in [0.25, 0.3) is 0 Å². The van der Waals surface area contributed by atoms with Crippen LogP contribution in [0.4, 0.5) is 0 Å². The first-order chi connectivity index (χ1) is 10.1. The van der Waals surface area contributed by atoms with Gasteiger partial charge in [0.2, 0.25) is 0 Å². The number of hydrogen-bond donors (Lipinski definition) is 1. The molecule has 1 atom stereocenters. The van der Waals surface area contributed by atoms with Crippen molar-refractivity contribution in [1.82, 2.24) is 4.90 Å². The third-order valence-corrected chi connectivity index (χ3v) is 4.18. The minimum absolute atomic E-state index is 0.490. The van der Waals surface area contributed by atoms with Crippen LogP contribution < -0.4 is 0 Å². The number of aliphatic carboxylic acids is 1. The average molecular weight is 289 g/mol. The van der Waals surface area contributed by atoms with Crippen molar-refractivity contribution < 1.29 is 9.90 Å². The number of benzene rings is 1. The van der Waals surface area contributed by atoms with Crippen molar-refractivity contribution >= 4 is 5.97 Å². The molecule has 2 rings (SSSR count). The highest BCUT2D eigenvalue weighted by atomic mass is 16.4. The normalized spacial score (nSPS) is 18.4. The van der Waals surface area contributed by atoms with E-state index in [1.165, 1.54) is 18.4 Å². The maximum atomic E-state index is 11.7. The summed E-state index contributed by atoms with van der Waals surface area (Å²) in [5.41, 5.74) is 2.20. The molecule has 0 saturated carbocycles. The number of likely N-dealkylation sites (tertiary alicyclic amines) is 1. The molecule has 1 saturated heterocycles. The summed E-state index contributed by atoms with van der Waals surface area (Å²) in [6.45, 7) is 6.19. The van der Waals surface area contributed by atoms with Crippen LogP contribution in [0, 0.1) is 5.92 Å². The van der Waals surface area contributed by atoms with E-state index in [-0.39, 0.29) is 0 Å². The predicted molar refractivity (Wildman–Crippen MR) is 85.4 cm³/mol. The summed E-state index contributed by atoms with van der Waals surface area (Å²) in [5, 5.41) is 9.64. The summed E-state index contributed by atoms with van der Waals surface area (Å²) in [6, 6.07) is 7.69. The molecule has 0 spiro atoms. The Morgan fingerprint density at radius 1 is 1.10 bits per heavy atom. The lowest BCUT2D eigenvalue weighted by molar-refractivity contribution is -0.143. The Hall–Kier alpha value is -1.35. The summed E-state index contributed by atoms with van der Waals surface area (Å²) in [7, 11) is 0. The second kappa shape index (κ2) is 7.60. The standard InChI is InChI=1S/C18H27NO2/c1-14(2)13-15-7-9-16(10-8-15)17(18(20)21)19-11-5-3-4-6-12-19/h7-10,14,17H,3-6,11-13H2,1-2H3,(H,20,21). The fourth-order valence-corrected chi connectivity index (χ4v) is 3.17. The van der Waals surface area contributed by atoms with Gasteiger partial charge in [-0.05, 0) is 49.4 Å². The van der Waals surface area contributed by atoms with E-state index in [1.807, 2.05) is 12.1 Å². The third-order valence-electron chi connectivity index (χ3n) is 4.18. The number of carboxylic acid groups (broad SMARTS) is 1. The van der Waals surface area contributed by atoms with Crippen molar-refractivity contribution in [2.45, 2.75) is 52.0 Å². The van der Waals surface area contributed by atoms with E-state index in [0.29, 0.717) is 5.92 Å². The summed E-state index contributed by atoms with van der Waals surface area (Å²) in [6.07, 6.45) is 5.69. The van der Waals surface area contributed by atoms with Crippen LogP contribution in [0.25, 0.3) is 0 Å². The van der Waals surface area contributed by atoms with Gasteiger partial charge in [-0.15, -0.1) is 0 Å². The highest BCUT2D eigenvalue weighted by Crippen LogP contribution is 2.25. The highest BCUT2D eigenvalue weighted by Gasteiger charge is 2.27. The second-order valence-corrected chi connectivity index (χ2v) is 6.53. The number of rotatable bonds is 5. The summed E-state index contributed by atoms with van der Waals surface area (Å²) < 4.78 is 0. The Balaban J connectivity index is 2.15. The van der Waals surface area contributed by atoms with Crippen molar-refractivity contribution in [3.05, 3.63) is 35.4 Å². The first kappa shape index (κ1) is 16.0. The Labute approximate surface area is 128 Å². The summed E-state index contributed by atoms with van der Waals surface area (Å²) in [5.74, 6) is -0.106. The Morgan fingerprint density at radius 2 is 1.67 bits per heavy atom. The number of nitrogens with zero attached hydrogens (tertiary/aromatic N) is 1. The molecule has 3 nitrogen and oxygen atoms in total. The zero-order chi connectivity index (χ0) is 15.2. The highest BCUT2D eigenvalue weighted by molar-refractivity contribution is 5.75. The van der Waals surface area contributed by atoms with Crippen LogP contribution in [0.2, 0.25) is 0 Å². The average Bonchev–Trinajstić information content (AvgIpc) is 2.69. The molecule has 1 unspecified atom stereocenters. The van der Waals surface area contributed by atoms with E-state index < -0.39 is 12.0 Å². The molecule has 0 radical (unpaired) electrons. The fourth-order valence-electron chi connectivity index (χ4n) is 3.17. The van der Waals surface area contributed by atoms with Crippen molar-refractivity contribution in [3.8, 4) is 0 Å². The zero-order valence-corrected chi connectivity index (χ0v) is 13.2. The second-order valence-electron chi connectivity index (χ2n) is 6.53. The molecule has 0 bridgehead atoms. The minimum atomic E-state index is -0.728. The number of carbonyl (C=O) groups is 1. The Bertz CT molecular complexity index is 445. The molecular weight excluding hydrogens is 262 g/mol. The smallest absolute Gasteiger partial charge is 0.325 e. The first-order valence-electron chi connectivity index (χ1n) is 8.13. The number of carboxylic acids is 1. The molecule has 1 heterocycles. The maximum Gasteiger partial charge on any atom is 0.325 e. The maximum absolute atomic E-state index is 11.7. The van der Waals surface area contributed by atoms with Crippen LogP contribution in [-0.2, 0) is 11.2 Å². The van der Waals surface area contributed by atoms with Crippen molar-refractivity contribution in [2.75, 3.05) is 13.1 Å². The van der Waals surface area contributed by atoms with Gasteiger partial charge in [0.1, 0.15) is 6.04 Å². The Kier molecular flexibility index (Phi) is 5.80. The lowest BCUT2D eigenvalue weighted by Crippen LogP contribution is -2.34. The minimum Gasteiger partial charge on any atom is -0.480 e. The van der Waals surface area contributed by atoms with Gasteiger partial charge >= 0.3 is 5.97 Å². The van der Waals surface area contributed by atoms with Crippen molar-refractivity contribution in [2.24, 2.45) is 5.92 Å². The van der Waals surface area contributed by atoms with Gasteiger partial charge in [0.15, 0.2) is 0 Å². The lowest BCUT2D eigenvalue weighted by atomic mass is 9.98. The van der Waals surface area contributed by atoms with E-state index in [4.69, 9.17) is 0 Å². The van der Waals surface area contributed by atoms with E-state index in [1.54, 1.807) is 0 Å². The molecule has 1 aromatic carbocycles. The number of hydrogen-bond acceptors (Lipinski definition) is 2. The molecule has 1 aromatic rings. The van der Waals surface area contributed by atoms with Gasteiger partial charge in [-0.3, -0.25) is 9.69 Å². The topological polar surface area (TPSA) is 40.5 Å². The van der Waals surface area contributed by atoms with Crippen LogP contribution in [0.3, 0.4) is 0 Å². The third kappa shape index (κ3) is 4.57. The molecule has 0 aromatic heterocycles. The molecule has 116 valence electrons. The van der Waals surface area contributed by atoms with Crippen LogP contribution in [0.5, 0.6) is 0 Å². The lowest BCUT2D eigenvalue weighted by Gasteiger charge is -2.27. The molecule has 1 fully saturated rings. The van der Waals surface area contributed by atoms with Crippen molar-refractivity contribution in [3.63, 3.8) is 0 Å². The molecule has 1 aliphatic heterocycles. The molecule has 0 aliphatic carbocycles. The largest absolute Gasteiger partial charge is 0.480 e. The summed E-state index contributed by atoms with van der Waals surface area (Å²) in [4.78, 5) is 13.9. The summed E-state index contributed by atoms with van der Waals surface area (Å²) >= 11 is 0. The molecule has 3 heteroatoms. The van der Waals surface area contributed by atoms with Gasteiger partial charge in [-0.1, -0.05) is 51.0 Å². The molecule has 0 amide bonds. The quantitative estimate of drug-likeness (QED) is 0.894. The van der Waals surface area contributed by atoms with Crippen LogP contribution >= 0.6 is 0 Å². The monoisotopic (exact) mass is 289 g/mol. The molecule has 21 heavy (non-hydrogen) atoms. The van der Waals surface area contributed by atoms with Crippen LogP contribution in [0.15, 0.2) is 24.3 Å². The Morgan fingerprint density at radius 3 is 2.14 bits per heavy atom. The van der Waals surface area contributed by atoms with Crippen LogP contribution in [0.1, 0.15) is 56.7 Å². The molecule has 1 N–H and O–H groups in total. The van der Waals surface area contributed by atoms with Crippen LogP contribution in [-0.4, -0.2) is 29.1 Å². The fraction of sp³-hybridized carbons (Fsp3) is 0.611. The van der Waals surface area contributed by atoms with E-state index >= 15 is 0 Å². The molecule has 1 aliphatic rings. The zero-order valence-electron chi connectivity index (χ0n) is 13.2. The van der Waals surface area contributed by atoms with Gasteiger partial charge in [0.05, 0.1) is 0 Å². The predicted octanol–water partition coefficient (Wildman–Crippen LogP) is 3.89. The molecular formula is C18H27NO2. The van der Waals surface area contributed by atoms with E-state index in [0.717, 1.165) is 37.9 Å². The van der Waals surface area contributed by atoms with Crippen molar-refractivity contribution in [1.29, 1.82) is 0 Å². The first-order valence-corrected chi connectivity index (χ1v) is 8.13. The van der Waals surface area contributed by atoms with E-state index in [9.17, 15) is 9.90 Å².